The molecule has 1 saturated heterocycles. The lowest BCUT2D eigenvalue weighted by Gasteiger charge is -2.15. The summed E-state index contributed by atoms with van der Waals surface area (Å²) in [6.07, 6.45) is 2.38. The van der Waals surface area contributed by atoms with Crippen molar-refractivity contribution in [1.82, 2.24) is 5.32 Å². The lowest BCUT2D eigenvalue weighted by atomic mass is 9.93. The van der Waals surface area contributed by atoms with Gasteiger partial charge in [-0.2, -0.15) is 0 Å². The molecule has 94 valence electrons. The first-order valence-corrected chi connectivity index (χ1v) is 6.64. The van der Waals surface area contributed by atoms with Gasteiger partial charge in [-0.15, -0.1) is 0 Å². The van der Waals surface area contributed by atoms with Crippen LogP contribution in [0.3, 0.4) is 0 Å². The van der Waals surface area contributed by atoms with Crippen LogP contribution in [0, 0.1) is 5.92 Å². The van der Waals surface area contributed by atoms with E-state index in [1.807, 2.05) is 0 Å². The van der Waals surface area contributed by atoms with Crippen molar-refractivity contribution in [2.24, 2.45) is 5.92 Å². The number of fused-ring (bicyclic) bond motifs is 1. The molecule has 1 unspecified atom stereocenters. The lowest BCUT2D eigenvalue weighted by Crippen LogP contribution is -2.11. The van der Waals surface area contributed by atoms with Crippen LogP contribution < -0.4 is 10.1 Å². The zero-order valence-electron chi connectivity index (χ0n) is 10.8. The second-order valence-corrected chi connectivity index (χ2v) is 5.03. The highest BCUT2D eigenvalue weighted by Gasteiger charge is 2.18. The van der Waals surface area contributed by atoms with Gasteiger partial charge < -0.3 is 10.1 Å². The predicted molar refractivity (Wildman–Crippen MR) is 75.2 cm³/mol. The highest BCUT2D eigenvalue weighted by atomic mass is 16.5. The Hall–Kier alpha value is -1.54. The van der Waals surface area contributed by atoms with Gasteiger partial charge in [-0.25, -0.2) is 0 Å². The maximum Gasteiger partial charge on any atom is 0.122 e. The maximum atomic E-state index is 5.54. The number of rotatable bonds is 3. The summed E-state index contributed by atoms with van der Waals surface area (Å²) in [6, 6.07) is 12.8. The Balaban J connectivity index is 2.05. The molecular formula is C16H19NO. The molecule has 1 aliphatic heterocycles. The van der Waals surface area contributed by atoms with Crippen molar-refractivity contribution in [2.45, 2.75) is 12.8 Å². The Morgan fingerprint density at radius 1 is 1.22 bits per heavy atom. The topological polar surface area (TPSA) is 21.3 Å². The van der Waals surface area contributed by atoms with Gasteiger partial charge in [0.15, 0.2) is 0 Å². The molecule has 0 saturated carbocycles. The number of methoxy groups -OCH3 is 1. The van der Waals surface area contributed by atoms with E-state index in [4.69, 9.17) is 4.74 Å². The van der Waals surface area contributed by atoms with Gasteiger partial charge in [-0.05, 0) is 48.7 Å². The second-order valence-electron chi connectivity index (χ2n) is 5.03. The van der Waals surface area contributed by atoms with Crippen LogP contribution in [-0.4, -0.2) is 20.2 Å². The molecule has 2 aromatic rings. The maximum absolute atomic E-state index is 5.54. The lowest BCUT2D eigenvalue weighted by molar-refractivity contribution is 0.406. The van der Waals surface area contributed by atoms with Crippen LogP contribution in [0.15, 0.2) is 36.4 Å². The van der Waals surface area contributed by atoms with Crippen LogP contribution in [0.1, 0.15) is 12.0 Å². The Bertz CT molecular complexity index is 544. The molecule has 0 bridgehead atoms. The molecule has 1 aliphatic rings. The minimum atomic E-state index is 0.740. The van der Waals surface area contributed by atoms with Gasteiger partial charge in [-0.3, -0.25) is 0 Å². The van der Waals surface area contributed by atoms with E-state index in [2.05, 4.69) is 41.7 Å². The molecule has 0 aromatic heterocycles. The SMILES string of the molecule is COc1ccc2ccccc2c1CC1CCNC1. The third kappa shape index (κ3) is 2.08. The van der Waals surface area contributed by atoms with Gasteiger partial charge in [0.2, 0.25) is 0 Å². The quantitative estimate of drug-likeness (QED) is 0.892. The van der Waals surface area contributed by atoms with Crippen molar-refractivity contribution in [1.29, 1.82) is 0 Å². The van der Waals surface area contributed by atoms with Crippen molar-refractivity contribution in [2.75, 3.05) is 20.2 Å². The fourth-order valence-corrected chi connectivity index (χ4v) is 2.90. The zero-order valence-corrected chi connectivity index (χ0v) is 10.8. The average molecular weight is 241 g/mol. The van der Waals surface area contributed by atoms with Gasteiger partial charge in [0.1, 0.15) is 5.75 Å². The minimum Gasteiger partial charge on any atom is -0.496 e. The van der Waals surface area contributed by atoms with Crippen LogP contribution in [0.5, 0.6) is 5.75 Å². The second kappa shape index (κ2) is 4.99. The summed E-state index contributed by atoms with van der Waals surface area (Å²) in [6.45, 7) is 2.28. The normalized spacial score (nSPS) is 19.3. The van der Waals surface area contributed by atoms with Gasteiger partial charge in [0.25, 0.3) is 0 Å². The Morgan fingerprint density at radius 3 is 2.89 bits per heavy atom. The molecule has 3 rings (SSSR count). The first-order chi connectivity index (χ1) is 8.88. The monoisotopic (exact) mass is 241 g/mol. The third-order valence-electron chi connectivity index (χ3n) is 3.87. The number of ether oxygens (including phenoxy) is 1. The molecule has 18 heavy (non-hydrogen) atoms. The molecule has 0 aliphatic carbocycles. The van der Waals surface area contributed by atoms with Crippen molar-refractivity contribution in [3.63, 3.8) is 0 Å². The number of nitrogens with one attached hydrogen (secondary N) is 1. The number of hydrogen-bond acceptors (Lipinski definition) is 2. The van der Waals surface area contributed by atoms with Crippen LogP contribution in [0.4, 0.5) is 0 Å². The number of hydrogen-bond donors (Lipinski definition) is 1. The molecule has 0 amide bonds. The van der Waals surface area contributed by atoms with Crippen LogP contribution in [-0.2, 0) is 6.42 Å². The van der Waals surface area contributed by atoms with E-state index in [1.165, 1.54) is 22.8 Å². The Morgan fingerprint density at radius 2 is 2.11 bits per heavy atom. The van der Waals surface area contributed by atoms with E-state index in [-0.39, 0.29) is 0 Å². The van der Waals surface area contributed by atoms with Crippen LogP contribution in [0.25, 0.3) is 10.8 Å². The van der Waals surface area contributed by atoms with E-state index in [9.17, 15) is 0 Å². The number of benzene rings is 2. The molecule has 2 aromatic carbocycles. The molecular weight excluding hydrogens is 222 g/mol. The molecule has 1 atom stereocenters. The summed E-state index contributed by atoms with van der Waals surface area (Å²) in [5.41, 5.74) is 1.37. The smallest absolute Gasteiger partial charge is 0.122 e. The fraction of sp³-hybridized carbons (Fsp3) is 0.375. The van der Waals surface area contributed by atoms with Gasteiger partial charge >= 0.3 is 0 Å². The predicted octanol–water partition coefficient (Wildman–Crippen LogP) is 3.00. The van der Waals surface area contributed by atoms with E-state index in [0.29, 0.717) is 0 Å². The van der Waals surface area contributed by atoms with Crippen molar-refractivity contribution in [3.05, 3.63) is 42.0 Å². The summed E-state index contributed by atoms with van der Waals surface area (Å²) in [4.78, 5) is 0. The van der Waals surface area contributed by atoms with Crippen molar-refractivity contribution >= 4 is 10.8 Å². The van der Waals surface area contributed by atoms with Crippen molar-refractivity contribution < 1.29 is 4.74 Å². The van der Waals surface area contributed by atoms with Gasteiger partial charge in [0, 0.05) is 5.56 Å². The summed E-state index contributed by atoms with van der Waals surface area (Å²) in [5.74, 6) is 1.77. The molecule has 0 radical (unpaired) electrons. The molecule has 1 N–H and O–H groups in total. The third-order valence-corrected chi connectivity index (χ3v) is 3.87. The van der Waals surface area contributed by atoms with Crippen LogP contribution in [0.2, 0.25) is 0 Å². The van der Waals surface area contributed by atoms with Crippen LogP contribution >= 0.6 is 0 Å². The average Bonchev–Trinajstić information content (AvgIpc) is 2.92. The van der Waals surface area contributed by atoms with Gasteiger partial charge in [0.05, 0.1) is 7.11 Å². The first kappa shape index (κ1) is 11.5. The Labute approximate surface area is 108 Å². The molecule has 1 heterocycles. The largest absolute Gasteiger partial charge is 0.496 e. The summed E-state index contributed by atoms with van der Waals surface area (Å²) in [7, 11) is 1.76. The first-order valence-electron chi connectivity index (χ1n) is 6.64. The summed E-state index contributed by atoms with van der Waals surface area (Å²) >= 11 is 0. The van der Waals surface area contributed by atoms with E-state index in [1.54, 1.807) is 7.11 Å². The highest BCUT2D eigenvalue weighted by molar-refractivity contribution is 5.87. The molecule has 2 nitrogen and oxygen atoms in total. The summed E-state index contributed by atoms with van der Waals surface area (Å²) < 4.78 is 5.54. The van der Waals surface area contributed by atoms with E-state index >= 15 is 0 Å². The molecule has 2 heteroatoms. The molecule has 1 fully saturated rings. The van der Waals surface area contributed by atoms with E-state index < -0.39 is 0 Å². The summed E-state index contributed by atoms with van der Waals surface area (Å²) in [5, 5.41) is 6.08. The van der Waals surface area contributed by atoms with E-state index in [0.717, 1.165) is 31.2 Å². The minimum absolute atomic E-state index is 0.740. The van der Waals surface area contributed by atoms with Crippen molar-refractivity contribution in [3.8, 4) is 5.75 Å². The highest BCUT2D eigenvalue weighted by Crippen LogP contribution is 2.31. The molecule has 0 spiro atoms. The standard InChI is InChI=1S/C16H19NO/c1-18-16-7-6-13-4-2-3-5-14(13)15(16)10-12-8-9-17-11-12/h2-7,12,17H,8-11H2,1H3. The zero-order chi connectivity index (χ0) is 12.4. The Kier molecular flexibility index (Phi) is 3.20. The van der Waals surface area contributed by atoms with Gasteiger partial charge in [-0.1, -0.05) is 30.3 Å². The fourth-order valence-electron chi connectivity index (χ4n) is 2.90.